The lowest BCUT2D eigenvalue weighted by molar-refractivity contribution is 1.28. The summed E-state index contributed by atoms with van der Waals surface area (Å²) in [6.07, 6.45) is 0. The molecule has 1 heteroatoms. The van der Waals surface area contributed by atoms with E-state index in [1.165, 1.54) is 11.1 Å². The first-order valence-electron chi connectivity index (χ1n) is 20.9. The van der Waals surface area contributed by atoms with Crippen LogP contribution in [0.2, 0.25) is 0 Å². The summed E-state index contributed by atoms with van der Waals surface area (Å²) in [4.78, 5) is 2.20. The summed E-state index contributed by atoms with van der Waals surface area (Å²) in [5.74, 6) is 0. The molecular weight excluding hydrogens is 663 g/mol. The van der Waals surface area contributed by atoms with Gasteiger partial charge in [-0.25, -0.2) is 0 Å². The predicted octanol–water partition coefficient (Wildman–Crippen LogP) is 15.2. The molecular formula is C54H39N. The van der Waals surface area contributed by atoms with Crippen LogP contribution in [-0.2, 0) is 0 Å². The molecule has 260 valence electrons. The zero-order chi connectivity index (χ0) is 41.2. The van der Waals surface area contributed by atoms with Gasteiger partial charge in [-0.15, -0.1) is 0 Å². The van der Waals surface area contributed by atoms with Crippen LogP contribution in [0.3, 0.4) is 0 Å². The third-order valence-corrected chi connectivity index (χ3v) is 9.99. The largest absolute Gasteiger partial charge is 0.310 e. The Morgan fingerprint density at radius 3 is 1.09 bits per heavy atom. The van der Waals surface area contributed by atoms with Gasteiger partial charge in [-0.05, 0) is 109 Å². The number of nitrogens with zero attached hydrogens (tertiary/aromatic N) is 1. The van der Waals surface area contributed by atoms with E-state index in [-0.39, 0.29) is 29.7 Å². The van der Waals surface area contributed by atoms with Crippen LogP contribution in [0.1, 0.15) is 6.85 Å². The molecule has 0 spiro atoms. The molecule has 0 aliphatic rings. The van der Waals surface area contributed by atoms with Gasteiger partial charge in [0.2, 0.25) is 0 Å². The summed E-state index contributed by atoms with van der Waals surface area (Å²) in [6.45, 7) is 0. The van der Waals surface area contributed by atoms with Crippen molar-refractivity contribution in [1.29, 1.82) is 0 Å². The summed E-state index contributed by atoms with van der Waals surface area (Å²) in [5.41, 5.74) is 14.7. The fourth-order valence-corrected chi connectivity index (χ4v) is 7.27. The molecule has 0 radical (unpaired) electrons. The lowest BCUT2D eigenvalue weighted by Gasteiger charge is -2.27. The number of hydrogen-bond donors (Lipinski definition) is 0. The minimum Gasteiger partial charge on any atom is -0.310 e. The van der Waals surface area contributed by atoms with Crippen LogP contribution in [0, 0.1) is 0 Å². The second kappa shape index (κ2) is 15.4. The van der Waals surface area contributed by atoms with Crippen molar-refractivity contribution in [3.63, 3.8) is 0 Å². The quantitative estimate of drug-likeness (QED) is 0.144. The van der Waals surface area contributed by atoms with Gasteiger partial charge in [-0.2, -0.15) is 0 Å². The van der Waals surface area contributed by atoms with E-state index in [0.717, 1.165) is 61.6 Å². The summed E-state index contributed by atoms with van der Waals surface area (Å²) in [6, 6.07) is 69.6. The van der Waals surface area contributed by atoms with E-state index >= 15 is 0 Å². The van der Waals surface area contributed by atoms with Crippen molar-refractivity contribution in [2.75, 3.05) is 4.90 Å². The molecule has 0 unspecified atom stereocenters. The summed E-state index contributed by atoms with van der Waals surface area (Å²) < 4.78 is 41.8. The standard InChI is InChI=1S/C54H39N/c1-6-16-40(17-7-1)41-26-31-48(32-27-41)55(50-35-37-52(44-20-10-3-11-21-44)54(39-50)46-24-14-5-15-25-46)49-33-28-42(29-34-49)47-30-36-51(43-18-8-2-9-19-43)53(38-47)45-22-12-4-13-23-45/h1-39H/i1D,6D,7D,16D,17D. The second-order valence-electron chi connectivity index (χ2n) is 13.4. The molecule has 0 saturated heterocycles. The normalized spacial score (nSPS) is 12.2. The summed E-state index contributed by atoms with van der Waals surface area (Å²) in [7, 11) is 0. The maximum Gasteiger partial charge on any atom is 0.0629 e. The third kappa shape index (κ3) is 7.12. The first-order valence-corrected chi connectivity index (χ1v) is 18.4. The monoisotopic (exact) mass is 706 g/mol. The maximum absolute atomic E-state index is 8.60. The average Bonchev–Trinajstić information content (AvgIpc) is 3.32. The highest BCUT2D eigenvalue weighted by Crippen LogP contribution is 2.42. The summed E-state index contributed by atoms with van der Waals surface area (Å²) >= 11 is 0. The lowest BCUT2D eigenvalue weighted by atomic mass is 9.91. The van der Waals surface area contributed by atoms with Gasteiger partial charge in [0.05, 0.1) is 6.85 Å². The number of hydrogen-bond acceptors (Lipinski definition) is 1. The molecule has 9 rings (SSSR count). The Bertz CT molecular complexity index is 2910. The Morgan fingerprint density at radius 2 is 0.618 bits per heavy atom. The molecule has 0 aliphatic heterocycles. The van der Waals surface area contributed by atoms with Gasteiger partial charge >= 0.3 is 0 Å². The minimum atomic E-state index is -0.406. The van der Waals surface area contributed by atoms with Crippen LogP contribution in [0.15, 0.2) is 236 Å². The van der Waals surface area contributed by atoms with E-state index < -0.39 is 6.04 Å². The highest BCUT2D eigenvalue weighted by Gasteiger charge is 2.17. The highest BCUT2D eigenvalue weighted by molar-refractivity contribution is 5.90. The molecule has 0 N–H and O–H groups in total. The van der Waals surface area contributed by atoms with Crippen LogP contribution in [0.5, 0.6) is 0 Å². The van der Waals surface area contributed by atoms with E-state index in [4.69, 9.17) is 6.85 Å². The molecule has 0 bridgehead atoms. The number of benzene rings is 9. The van der Waals surface area contributed by atoms with Crippen LogP contribution in [0.25, 0.3) is 66.8 Å². The topological polar surface area (TPSA) is 3.24 Å². The molecule has 0 aliphatic carbocycles. The molecule has 0 heterocycles. The van der Waals surface area contributed by atoms with Crippen molar-refractivity contribution < 1.29 is 6.85 Å². The number of anilines is 3. The molecule has 9 aromatic carbocycles. The van der Waals surface area contributed by atoms with Crippen molar-refractivity contribution in [1.82, 2.24) is 0 Å². The third-order valence-electron chi connectivity index (χ3n) is 9.99. The van der Waals surface area contributed by atoms with Crippen molar-refractivity contribution >= 4 is 17.1 Å². The van der Waals surface area contributed by atoms with Gasteiger partial charge in [0, 0.05) is 17.1 Å². The highest BCUT2D eigenvalue weighted by atomic mass is 15.1. The van der Waals surface area contributed by atoms with E-state index in [1.54, 1.807) is 0 Å². The minimum absolute atomic E-state index is 0.176. The smallest absolute Gasteiger partial charge is 0.0629 e. The molecule has 0 amide bonds. The van der Waals surface area contributed by atoms with Gasteiger partial charge in [0.1, 0.15) is 0 Å². The Kier molecular flexibility index (Phi) is 7.93. The van der Waals surface area contributed by atoms with E-state index in [2.05, 4.69) is 163 Å². The lowest BCUT2D eigenvalue weighted by Crippen LogP contribution is -2.10. The SMILES string of the molecule is [2H]c1c([2H])c([2H])c(-c2ccc(N(c3ccc(-c4ccc(-c5ccccc5)c(-c5ccccc5)c4)cc3)c3ccc(-c4ccccc4)c(-c4ccccc4)c3)cc2)c([2H])c1[2H]. The molecule has 0 aromatic heterocycles. The van der Waals surface area contributed by atoms with Crippen molar-refractivity contribution in [3.05, 3.63) is 236 Å². The van der Waals surface area contributed by atoms with Gasteiger partial charge in [-0.1, -0.05) is 194 Å². The predicted molar refractivity (Wildman–Crippen MR) is 234 cm³/mol. The van der Waals surface area contributed by atoms with Gasteiger partial charge in [0.15, 0.2) is 0 Å². The molecule has 0 fully saturated rings. The Balaban J connectivity index is 1.17. The first kappa shape index (κ1) is 28.3. The first-order chi connectivity index (χ1) is 29.4. The fraction of sp³-hybridized carbons (Fsp3) is 0. The molecule has 0 atom stereocenters. The van der Waals surface area contributed by atoms with Crippen LogP contribution in [0.4, 0.5) is 17.1 Å². The van der Waals surface area contributed by atoms with Crippen molar-refractivity contribution in [2.24, 2.45) is 0 Å². The van der Waals surface area contributed by atoms with E-state index in [0.29, 0.717) is 5.56 Å². The Morgan fingerprint density at radius 1 is 0.255 bits per heavy atom. The maximum atomic E-state index is 8.60. The van der Waals surface area contributed by atoms with Crippen molar-refractivity contribution in [3.8, 4) is 66.8 Å². The number of rotatable bonds is 9. The zero-order valence-corrected chi connectivity index (χ0v) is 30.1. The average molecular weight is 707 g/mol. The van der Waals surface area contributed by atoms with E-state index in [9.17, 15) is 0 Å². The van der Waals surface area contributed by atoms with Crippen molar-refractivity contribution in [2.45, 2.75) is 0 Å². The van der Waals surface area contributed by atoms with Gasteiger partial charge < -0.3 is 4.90 Å². The summed E-state index contributed by atoms with van der Waals surface area (Å²) in [5, 5.41) is 0. The Labute approximate surface area is 331 Å². The van der Waals surface area contributed by atoms with Crippen LogP contribution in [-0.4, -0.2) is 0 Å². The van der Waals surface area contributed by atoms with Crippen LogP contribution < -0.4 is 4.90 Å². The second-order valence-corrected chi connectivity index (χ2v) is 13.4. The molecule has 9 aromatic rings. The zero-order valence-electron chi connectivity index (χ0n) is 35.1. The van der Waals surface area contributed by atoms with E-state index in [1.807, 2.05) is 48.5 Å². The molecule has 1 nitrogen and oxygen atoms in total. The Hall–Kier alpha value is -7.22. The molecule has 0 saturated carbocycles. The fourth-order valence-electron chi connectivity index (χ4n) is 7.27. The van der Waals surface area contributed by atoms with Crippen LogP contribution >= 0.6 is 0 Å². The van der Waals surface area contributed by atoms with Gasteiger partial charge in [0.25, 0.3) is 0 Å². The molecule has 55 heavy (non-hydrogen) atoms. The van der Waals surface area contributed by atoms with Gasteiger partial charge in [-0.3, -0.25) is 0 Å².